The van der Waals surface area contributed by atoms with E-state index in [-0.39, 0.29) is 10.5 Å². The molecule has 0 aliphatic rings. The van der Waals surface area contributed by atoms with E-state index in [1.165, 1.54) is 10.5 Å². The molecule has 1 unspecified atom stereocenters. The van der Waals surface area contributed by atoms with E-state index in [0.717, 1.165) is 0 Å². The van der Waals surface area contributed by atoms with E-state index < -0.39 is 0 Å². The Balaban J connectivity index is 2.45. The first kappa shape index (κ1) is 7.56. The zero-order valence-electron chi connectivity index (χ0n) is 7.03. The van der Waals surface area contributed by atoms with Crippen LogP contribution in [-0.2, 0) is 0 Å². The van der Waals surface area contributed by atoms with Gasteiger partial charge in [0.2, 0.25) is 0 Å². The number of thiophene rings is 1. The fraction of sp³-hybridized carbons (Fsp3) is 0.0909. The molecule has 0 nitrogen and oxygen atoms in total. The van der Waals surface area contributed by atoms with E-state index in [0.29, 0.717) is 0 Å². The molecular weight excluding hydrogens is 164 g/mol. The van der Waals surface area contributed by atoms with Gasteiger partial charge < -0.3 is 0 Å². The highest BCUT2D eigenvalue weighted by Gasteiger charge is 2.06. The Morgan fingerprint density at radius 1 is 1.00 bits per heavy atom. The highest BCUT2D eigenvalue weighted by atomic mass is 32.2. The molecule has 1 aromatic carbocycles. The van der Waals surface area contributed by atoms with Crippen molar-refractivity contribution < 1.29 is 0 Å². The van der Waals surface area contributed by atoms with Crippen LogP contribution in [0.15, 0.2) is 47.2 Å². The van der Waals surface area contributed by atoms with Crippen LogP contribution in [0.4, 0.5) is 0 Å². The van der Waals surface area contributed by atoms with Gasteiger partial charge in [0, 0.05) is 16.0 Å². The van der Waals surface area contributed by atoms with Crippen molar-refractivity contribution in [3.05, 3.63) is 52.7 Å². The minimum absolute atomic E-state index is 0.237. The summed E-state index contributed by atoms with van der Waals surface area (Å²) in [5.41, 5.74) is 1.38. The average molecular weight is 175 g/mol. The van der Waals surface area contributed by atoms with Gasteiger partial charge in [-0.3, -0.25) is 0 Å². The van der Waals surface area contributed by atoms with E-state index in [4.69, 9.17) is 0 Å². The van der Waals surface area contributed by atoms with Crippen molar-refractivity contribution >= 4 is 10.5 Å². The maximum absolute atomic E-state index is 2.31. The molecule has 1 heterocycles. The first-order valence-corrected chi connectivity index (χ1v) is 5.35. The third-order valence-corrected chi connectivity index (χ3v) is 3.68. The molecule has 0 bridgehead atoms. The van der Waals surface area contributed by atoms with Gasteiger partial charge in [0.1, 0.15) is 10.8 Å². The summed E-state index contributed by atoms with van der Waals surface area (Å²) in [7, 11) is 0.237. The molecule has 0 aliphatic heterocycles. The molecule has 0 aliphatic carbocycles. The van der Waals surface area contributed by atoms with E-state index in [1.54, 1.807) is 0 Å². The Morgan fingerprint density at radius 3 is 2.33 bits per heavy atom. The van der Waals surface area contributed by atoms with E-state index in [9.17, 15) is 0 Å². The van der Waals surface area contributed by atoms with Crippen LogP contribution in [0.2, 0.25) is 0 Å². The molecule has 0 fully saturated rings. The normalized spacial score (nSPS) is 11.6. The summed E-state index contributed by atoms with van der Waals surface area (Å²) in [6.45, 7) is 2.15. The fourth-order valence-corrected chi connectivity index (χ4v) is 2.87. The lowest BCUT2D eigenvalue weighted by Gasteiger charge is -1.85. The average Bonchev–Trinajstić information content (AvgIpc) is 2.54. The Labute approximate surface area is 75.5 Å². The number of hydrogen-bond acceptors (Lipinski definition) is 0. The zero-order chi connectivity index (χ0) is 8.39. The van der Waals surface area contributed by atoms with Crippen molar-refractivity contribution in [1.29, 1.82) is 0 Å². The predicted molar refractivity (Wildman–Crippen MR) is 55.0 cm³/mol. The van der Waals surface area contributed by atoms with Crippen LogP contribution < -0.4 is 0 Å². The molecule has 0 spiro atoms. The Kier molecular flexibility index (Phi) is 1.96. The topological polar surface area (TPSA) is 0 Å². The minimum atomic E-state index is 0.237. The lowest BCUT2D eigenvalue weighted by atomic mass is 10.4. The molecule has 1 aromatic heterocycles. The van der Waals surface area contributed by atoms with Gasteiger partial charge in [0.25, 0.3) is 0 Å². The third-order valence-electron chi connectivity index (χ3n) is 1.81. The molecule has 1 atom stereocenters. The second-order valence-electron chi connectivity index (χ2n) is 2.85. The molecule has 12 heavy (non-hydrogen) atoms. The molecule has 0 radical (unpaired) electrons. The van der Waals surface area contributed by atoms with Crippen molar-refractivity contribution in [2.75, 3.05) is 0 Å². The van der Waals surface area contributed by atoms with Crippen LogP contribution in [0.1, 0.15) is 5.56 Å². The number of aryl methyl sites for hydroxylation is 1. The van der Waals surface area contributed by atoms with Crippen LogP contribution >= 0.6 is 10.5 Å². The maximum Gasteiger partial charge on any atom is 0.178 e. The van der Waals surface area contributed by atoms with Crippen molar-refractivity contribution in [2.24, 2.45) is 0 Å². The van der Waals surface area contributed by atoms with Gasteiger partial charge in [0.05, 0.1) is 0 Å². The van der Waals surface area contributed by atoms with Crippen molar-refractivity contribution in [1.82, 2.24) is 0 Å². The highest BCUT2D eigenvalue weighted by Crippen LogP contribution is 2.30. The van der Waals surface area contributed by atoms with Gasteiger partial charge in [-0.15, -0.1) is 0 Å². The van der Waals surface area contributed by atoms with Crippen LogP contribution in [0.3, 0.4) is 0 Å². The van der Waals surface area contributed by atoms with Crippen molar-refractivity contribution in [3.8, 4) is 4.90 Å². The van der Waals surface area contributed by atoms with Crippen molar-refractivity contribution in [3.63, 3.8) is 0 Å². The summed E-state index contributed by atoms with van der Waals surface area (Å²) in [4.78, 5) is 1.41. The number of rotatable bonds is 1. The first-order chi connectivity index (χ1) is 5.86. The lowest BCUT2D eigenvalue weighted by molar-refractivity contribution is 1.56. The minimum Gasteiger partial charge on any atom is -0.0619 e. The summed E-state index contributed by atoms with van der Waals surface area (Å²) >= 11 is 0. The second-order valence-corrected chi connectivity index (χ2v) is 4.57. The molecular formula is C11H11S+. The second kappa shape index (κ2) is 3.11. The largest absolute Gasteiger partial charge is 0.178 e. The molecule has 0 saturated heterocycles. The summed E-state index contributed by atoms with van der Waals surface area (Å²) < 4.78 is 0. The van der Waals surface area contributed by atoms with Gasteiger partial charge in [-0.1, -0.05) is 18.2 Å². The molecule has 60 valence electrons. The highest BCUT2D eigenvalue weighted by molar-refractivity contribution is 7.37. The predicted octanol–water partition coefficient (Wildman–Crippen LogP) is 3.73. The van der Waals surface area contributed by atoms with Crippen LogP contribution in [-0.4, -0.2) is 0 Å². The molecule has 0 amide bonds. The van der Waals surface area contributed by atoms with Gasteiger partial charge >= 0.3 is 0 Å². The monoisotopic (exact) mass is 175 g/mol. The van der Waals surface area contributed by atoms with Gasteiger partial charge in [-0.2, -0.15) is 0 Å². The first-order valence-electron chi connectivity index (χ1n) is 4.00. The lowest BCUT2D eigenvalue weighted by Crippen LogP contribution is -1.63. The van der Waals surface area contributed by atoms with E-state index in [2.05, 4.69) is 54.1 Å². The van der Waals surface area contributed by atoms with E-state index >= 15 is 0 Å². The Hall–Kier alpha value is -1.08. The molecule has 2 aromatic rings. The quantitative estimate of drug-likeness (QED) is 0.579. The van der Waals surface area contributed by atoms with Gasteiger partial charge in [-0.05, 0) is 25.1 Å². The molecule has 1 heteroatoms. The van der Waals surface area contributed by atoms with Crippen molar-refractivity contribution in [2.45, 2.75) is 6.92 Å². The SMILES string of the molecule is Cc1cc[s+](-c2ccccc2)c1. The third kappa shape index (κ3) is 1.41. The smallest absolute Gasteiger partial charge is 0.0619 e. The number of benzene rings is 1. The summed E-state index contributed by atoms with van der Waals surface area (Å²) in [5.74, 6) is 0. The Morgan fingerprint density at radius 2 is 1.75 bits per heavy atom. The van der Waals surface area contributed by atoms with E-state index in [1.807, 2.05) is 0 Å². The Bertz CT molecular complexity index is 360. The fourth-order valence-electron chi connectivity index (χ4n) is 1.18. The maximum atomic E-state index is 2.31. The van der Waals surface area contributed by atoms with Crippen LogP contribution in [0.5, 0.6) is 0 Å². The molecule has 2 rings (SSSR count). The van der Waals surface area contributed by atoms with Gasteiger partial charge in [0.15, 0.2) is 4.90 Å². The standard InChI is InChI=1S/C11H11S/c1-10-7-8-12(9-10)11-5-3-2-4-6-11/h2-9H,1H3/q+1. The molecule has 0 saturated carbocycles. The summed E-state index contributed by atoms with van der Waals surface area (Å²) in [6, 6.07) is 12.8. The van der Waals surface area contributed by atoms with Crippen LogP contribution in [0.25, 0.3) is 4.90 Å². The summed E-state index contributed by atoms with van der Waals surface area (Å²) in [6.07, 6.45) is 0. The van der Waals surface area contributed by atoms with Gasteiger partial charge in [-0.25, -0.2) is 0 Å². The van der Waals surface area contributed by atoms with Crippen LogP contribution in [0, 0.1) is 6.92 Å². The summed E-state index contributed by atoms with van der Waals surface area (Å²) in [5, 5.41) is 4.58. The number of hydrogen-bond donors (Lipinski definition) is 0. The zero-order valence-corrected chi connectivity index (χ0v) is 7.84. The molecule has 0 N–H and O–H groups in total.